The summed E-state index contributed by atoms with van der Waals surface area (Å²) < 4.78 is 10.7. The molecule has 9 nitrogen and oxygen atoms in total. The first-order chi connectivity index (χ1) is 13.3. The number of rotatable bonds is 7. The van der Waals surface area contributed by atoms with Crippen LogP contribution >= 0.6 is 0 Å². The lowest BCUT2D eigenvalue weighted by molar-refractivity contribution is -0.138. The first-order valence-electron chi connectivity index (χ1n) is 8.46. The van der Waals surface area contributed by atoms with Gasteiger partial charge in [-0.1, -0.05) is 0 Å². The number of benzene rings is 1. The van der Waals surface area contributed by atoms with Crippen LogP contribution in [0.3, 0.4) is 0 Å². The van der Waals surface area contributed by atoms with Crippen LogP contribution in [-0.4, -0.2) is 47.9 Å². The van der Waals surface area contributed by atoms with Gasteiger partial charge in [0.2, 0.25) is 0 Å². The number of carbonyl (C=O) groups excluding carboxylic acids is 3. The Balaban J connectivity index is 2.16. The van der Waals surface area contributed by atoms with Crippen molar-refractivity contribution in [1.29, 1.82) is 0 Å². The number of methoxy groups -OCH3 is 2. The zero-order valence-electron chi connectivity index (χ0n) is 16.1. The molecule has 28 heavy (non-hydrogen) atoms. The Hall–Kier alpha value is -3.62. The summed E-state index contributed by atoms with van der Waals surface area (Å²) in [7, 11) is 2.42. The summed E-state index contributed by atoms with van der Waals surface area (Å²) in [6.07, 6.45) is 2.68. The largest absolute Gasteiger partial charge is 0.466 e. The molecule has 2 aromatic rings. The minimum absolute atomic E-state index is 0.0186. The highest BCUT2D eigenvalue weighted by molar-refractivity contribution is 5.98. The van der Waals surface area contributed by atoms with Gasteiger partial charge in [0.25, 0.3) is 5.91 Å². The SMILES string of the molecule is COC(=O)/C=C(/Nc1ccc(-n2ccc(C(=O)NC(C)C)n2)cc1)C(=O)OC. The second kappa shape index (κ2) is 9.36. The quantitative estimate of drug-likeness (QED) is 0.550. The van der Waals surface area contributed by atoms with E-state index in [-0.39, 0.29) is 17.6 Å². The van der Waals surface area contributed by atoms with Gasteiger partial charge in [0.05, 0.1) is 26.0 Å². The predicted octanol–water partition coefficient (Wildman–Crippen LogP) is 1.65. The van der Waals surface area contributed by atoms with Crippen molar-refractivity contribution in [2.75, 3.05) is 19.5 Å². The van der Waals surface area contributed by atoms with Crippen molar-refractivity contribution >= 4 is 23.5 Å². The monoisotopic (exact) mass is 386 g/mol. The number of aromatic nitrogens is 2. The predicted molar refractivity (Wildman–Crippen MR) is 102 cm³/mol. The Bertz CT molecular complexity index is 884. The number of hydrogen-bond acceptors (Lipinski definition) is 7. The molecule has 0 saturated heterocycles. The summed E-state index contributed by atoms with van der Waals surface area (Å²) in [5.41, 5.74) is 1.51. The van der Waals surface area contributed by atoms with Gasteiger partial charge in [0, 0.05) is 17.9 Å². The molecular formula is C19H22N4O5. The molecule has 0 fully saturated rings. The Labute approximate surface area is 162 Å². The summed E-state index contributed by atoms with van der Waals surface area (Å²) in [6.45, 7) is 3.75. The highest BCUT2D eigenvalue weighted by Crippen LogP contribution is 2.16. The molecule has 0 radical (unpaired) electrons. The number of carbonyl (C=O) groups is 3. The normalized spacial score (nSPS) is 11.1. The number of amides is 1. The van der Waals surface area contributed by atoms with Crippen LogP contribution in [0.15, 0.2) is 48.3 Å². The highest BCUT2D eigenvalue weighted by atomic mass is 16.5. The molecule has 2 N–H and O–H groups in total. The Morgan fingerprint density at radius 2 is 1.75 bits per heavy atom. The summed E-state index contributed by atoms with van der Waals surface area (Å²) >= 11 is 0. The Kier molecular flexibility index (Phi) is 6.91. The average molecular weight is 386 g/mol. The molecule has 0 atom stereocenters. The second-order valence-electron chi connectivity index (χ2n) is 6.02. The maximum Gasteiger partial charge on any atom is 0.354 e. The topological polar surface area (TPSA) is 112 Å². The lowest BCUT2D eigenvalue weighted by Gasteiger charge is -2.10. The van der Waals surface area contributed by atoms with Crippen molar-refractivity contribution in [3.8, 4) is 5.69 Å². The van der Waals surface area contributed by atoms with E-state index < -0.39 is 11.9 Å². The zero-order valence-corrected chi connectivity index (χ0v) is 16.1. The maximum absolute atomic E-state index is 12.0. The number of hydrogen-bond donors (Lipinski definition) is 2. The second-order valence-corrected chi connectivity index (χ2v) is 6.02. The van der Waals surface area contributed by atoms with Crippen molar-refractivity contribution < 1.29 is 23.9 Å². The number of nitrogens with zero attached hydrogens (tertiary/aromatic N) is 2. The van der Waals surface area contributed by atoms with E-state index in [0.29, 0.717) is 17.1 Å². The fourth-order valence-corrected chi connectivity index (χ4v) is 2.21. The fourth-order valence-electron chi connectivity index (χ4n) is 2.21. The molecule has 0 aliphatic carbocycles. The molecule has 1 aromatic carbocycles. The summed E-state index contributed by atoms with van der Waals surface area (Å²) in [4.78, 5) is 35.2. The van der Waals surface area contributed by atoms with E-state index in [4.69, 9.17) is 0 Å². The molecule has 1 amide bonds. The van der Waals surface area contributed by atoms with Crippen LogP contribution < -0.4 is 10.6 Å². The van der Waals surface area contributed by atoms with E-state index in [1.165, 1.54) is 14.2 Å². The van der Waals surface area contributed by atoms with Gasteiger partial charge in [-0.15, -0.1) is 0 Å². The van der Waals surface area contributed by atoms with E-state index in [1.54, 1.807) is 41.2 Å². The highest BCUT2D eigenvalue weighted by Gasteiger charge is 2.14. The number of anilines is 1. The van der Waals surface area contributed by atoms with Crippen LogP contribution in [0.5, 0.6) is 0 Å². The first kappa shape index (κ1) is 20.7. The lowest BCUT2D eigenvalue weighted by atomic mass is 10.2. The molecule has 1 heterocycles. The molecule has 0 aliphatic heterocycles. The Morgan fingerprint density at radius 3 is 2.32 bits per heavy atom. The summed E-state index contributed by atoms with van der Waals surface area (Å²) in [5, 5.41) is 9.84. The smallest absolute Gasteiger partial charge is 0.354 e. The van der Waals surface area contributed by atoms with Crippen molar-refractivity contribution in [2.24, 2.45) is 0 Å². The van der Waals surface area contributed by atoms with Crippen LogP contribution in [0.1, 0.15) is 24.3 Å². The standard InChI is InChI=1S/C19H22N4O5/c1-12(2)20-18(25)15-9-10-23(22-15)14-7-5-13(6-8-14)21-16(19(26)28-4)11-17(24)27-3/h5-12,21H,1-4H3,(H,20,25)/b16-11+. The molecule has 0 bridgehead atoms. The number of esters is 2. The first-order valence-corrected chi connectivity index (χ1v) is 8.46. The lowest BCUT2D eigenvalue weighted by Crippen LogP contribution is -2.30. The van der Waals surface area contributed by atoms with Crippen LogP contribution in [0.4, 0.5) is 5.69 Å². The average Bonchev–Trinajstić information content (AvgIpc) is 3.17. The summed E-state index contributed by atoms with van der Waals surface area (Å²) in [5.74, 6) is -1.64. The van der Waals surface area contributed by atoms with Crippen LogP contribution in [-0.2, 0) is 19.1 Å². The third-order valence-corrected chi connectivity index (χ3v) is 3.52. The van der Waals surface area contributed by atoms with Gasteiger partial charge in [-0.2, -0.15) is 5.10 Å². The van der Waals surface area contributed by atoms with E-state index >= 15 is 0 Å². The van der Waals surface area contributed by atoms with Crippen LogP contribution in [0.25, 0.3) is 5.69 Å². The Morgan fingerprint density at radius 1 is 1.07 bits per heavy atom. The fraction of sp³-hybridized carbons (Fsp3) is 0.263. The zero-order chi connectivity index (χ0) is 20.7. The number of ether oxygens (including phenoxy) is 2. The molecule has 9 heteroatoms. The van der Waals surface area contributed by atoms with Crippen molar-refractivity contribution in [3.05, 3.63) is 54.0 Å². The van der Waals surface area contributed by atoms with Gasteiger partial charge in [0.1, 0.15) is 5.70 Å². The van der Waals surface area contributed by atoms with Gasteiger partial charge in [0.15, 0.2) is 5.69 Å². The van der Waals surface area contributed by atoms with Gasteiger partial charge in [-0.3, -0.25) is 4.79 Å². The minimum atomic E-state index is -0.706. The molecule has 148 valence electrons. The molecule has 0 saturated carbocycles. The van der Waals surface area contributed by atoms with E-state index in [2.05, 4.69) is 25.2 Å². The van der Waals surface area contributed by atoms with Gasteiger partial charge >= 0.3 is 11.9 Å². The van der Waals surface area contributed by atoms with E-state index in [0.717, 1.165) is 6.08 Å². The molecule has 0 unspecified atom stereocenters. The molecule has 2 rings (SSSR count). The maximum atomic E-state index is 12.0. The molecule has 1 aromatic heterocycles. The van der Waals surface area contributed by atoms with Crippen molar-refractivity contribution in [2.45, 2.75) is 19.9 Å². The van der Waals surface area contributed by atoms with E-state index in [9.17, 15) is 14.4 Å². The van der Waals surface area contributed by atoms with Crippen molar-refractivity contribution in [1.82, 2.24) is 15.1 Å². The minimum Gasteiger partial charge on any atom is -0.466 e. The van der Waals surface area contributed by atoms with Crippen molar-refractivity contribution in [3.63, 3.8) is 0 Å². The molecular weight excluding hydrogens is 364 g/mol. The van der Waals surface area contributed by atoms with Crippen LogP contribution in [0.2, 0.25) is 0 Å². The van der Waals surface area contributed by atoms with Gasteiger partial charge in [-0.25, -0.2) is 14.3 Å². The molecule has 0 spiro atoms. The van der Waals surface area contributed by atoms with E-state index in [1.807, 2.05) is 13.8 Å². The summed E-state index contributed by atoms with van der Waals surface area (Å²) in [6, 6.07) is 8.51. The van der Waals surface area contributed by atoms with Gasteiger partial charge < -0.3 is 20.1 Å². The molecule has 0 aliphatic rings. The van der Waals surface area contributed by atoms with Crippen LogP contribution in [0, 0.1) is 0 Å². The third-order valence-electron chi connectivity index (χ3n) is 3.52. The number of nitrogens with one attached hydrogen (secondary N) is 2. The third kappa shape index (κ3) is 5.44. The van der Waals surface area contributed by atoms with Gasteiger partial charge in [-0.05, 0) is 44.2 Å².